The first kappa shape index (κ1) is 15.0. The maximum absolute atomic E-state index is 4.77. The molecule has 0 bridgehead atoms. The molecule has 4 rings (SSSR count). The number of aromatic nitrogens is 3. The Balaban J connectivity index is 1.36. The minimum atomic E-state index is 0.618. The molecule has 1 saturated heterocycles. The molecule has 0 atom stereocenters. The maximum Gasteiger partial charge on any atom is 0.133 e. The second kappa shape index (κ2) is 6.17. The highest BCUT2D eigenvalue weighted by Crippen LogP contribution is 2.38. The number of aryl methyl sites for hydroxylation is 2. The molecule has 2 aromatic heterocycles. The van der Waals surface area contributed by atoms with Gasteiger partial charge in [0.25, 0.3) is 0 Å². The Bertz CT molecular complexity index is 667. The van der Waals surface area contributed by atoms with Crippen LogP contribution in [0, 0.1) is 13.8 Å². The van der Waals surface area contributed by atoms with Crippen LogP contribution in [0.15, 0.2) is 12.3 Å². The molecule has 0 unspecified atom stereocenters. The van der Waals surface area contributed by atoms with Crippen LogP contribution in [0.25, 0.3) is 0 Å². The minimum absolute atomic E-state index is 0.618. The molecule has 0 spiro atoms. The van der Waals surface area contributed by atoms with Crippen molar-refractivity contribution in [3.05, 3.63) is 33.7 Å². The largest absolute Gasteiger partial charge is 0.354 e. The van der Waals surface area contributed by atoms with Gasteiger partial charge in [0.1, 0.15) is 16.6 Å². The van der Waals surface area contributed by atoms with E-state index in [1.54, 1.807) is 0 Å². The first-order valence-electron chi connectivity index (χ1n) is 8.42. The van der Waals surface area contributed by atoms with E-state index in [9.17, 15) is 0 Å². The van der Waals surface area contributed by atoms with Crippen LogP contribution in [-0.4, -0.2) is 46.0 Å². The maximum atomic E-state index is 4.77. The summed E-state index contributed by atoms with van der Waals surface area (Å²) in [5.41, 5.74) is 1.18. The van der Waals surface area contributed by atoms with Gasteiger partial charge in [-0.15, -0.1) is 11.3 Å². The number of anilines is 1. The molecule has 0 radical (unpaired) electrons. The van der Waals surface area contributed by atoms with E-state index in [0.29, 0.717) is 5.92 Å². The van der Waals surface area contributed by atoms with Gasteiger partial charge in [-0.2, -0.15) is 0 Å². The molecule has 2 aliphatic rings. The molecular formula is C17H23N5S. The van der Waals surface area contributed by atoms with Crippen molar-refractivity contribution in [3.63, 3.8) is 0 Å². The molecule has 0 amide bonds. The summed E-state index contributed by atoms with van der Waals surface area (Å²) in [5, 5.41) is 1.24. The van der Waals surface area contributed by atoms with Crippen LogP contribution in [0.1, 0.15) is 40.2 Å². The van der Waals surface area contributed by atoms with E-state index in [-0.39, 0.29) is 0 Å². The molecule has 0 aromatic carbocycles. The van der Waals surface area contributed by atoms with E-state index in [0.717, 1.165) is 44.4 Å². The first-order valence-corrected chi connectivity index (χ1v) is 9.24. The SMILES string of the molecule is Cc1nc(CN2CCN(c3ccnc(C4CC4)n3)CC2)sc1C. The van der Waals surface area contributed by atoms with E-state index in [1.807, 2.05) is 17.5 Å². The number of hydrogen-bond donors (Lipinski definition) is 0. The lowest BCUT2D eigenvalue weighted by Crippen LogP contribution is -2.46. The Kier molecular flexibility index (Phi) is 4.03. The summed E-state index contributed by atoms with van der Waals surface area (Å²) in [7, 11) is 0. The van der Waals surface area contributed by atoms with Crippen molar-refractivity contribution in [2.45, 2.75) is 39.2 Å². The number of piperazine rings is 1. The van der Waals surface area contributed by atoms with Crippen molar-refractivity contribution >= 4 is 17.2 Å². The van der Waals surface area contributed by atoms with Gasteiger partial charge in [0.2, 0.25) is 0 Å². The highest BCUT2D eigenvalue weighted by atomic mass is 32.1. The molecule has 5 nitrogen and oxygen atoms in total. The van der Waals surface area contributed by atoms with Crippen LogP contribution in [0.4, 0.5) is 5.82 Å². The van der Waals surface area contributed by atoms with Gasteiger partial charge in [0.15, 0.2) is 0 Å². The van der Waals surface area contributed by atoms with Crippen LogP contribution >= 0.6 is 11.3 Å². The van der Waals surface area contributed by atoms with Gasteiger partial charge in [0, 0.05) is 43.2 Å². The summed E-state index contributed by atoms with van der Waals surface area (Å²) in [6.07, 6.45) is 4.43. The van der Waals surface area contributed by atoms with E-state index in [2.05, 4.69) is 39.7 Å². The predicted molar refractivity (Wildman–Crippen MR) is 93.1 cm³/mol. The molecule has 1 aliphatic heterocycles. The second-order valence-corrected chi connectivity index (χ2v) is 7.85. The monoisotopic (exact) mass is 329 g/mol. The summed E-state index contributed by atoms with van der Waals surface area (Å²) >= 11 is 1.83. The molecule has 6 heteroatoms. The Hall–Kier alpha value is -1.53. The van der Waals surface area contributed by atoms with Crippen LogP contribution in [-0.2, 0) is 6.54 Å². The third kappa shape index (κ3) is 3.38. The summed E-state index contributed by atoms with van der Waals surface area (Å²) in [6, 6.07) is 2.05. The second-order valence-electron chi connectivity index (χ2n) is 6.56. The Labute approximate surface area is 141 Å². The number of rotatable bonds is 4. The quantitative estimate of drug-likeness (QED) is 0.863. The summed E-state index contributed by atoms with van der Waals surface area (Å²) in [5.74, 6) is 2.76. The fourth-order valence-corrected chi connectivity index (χ4v) is 3.99. The first-order chi connectivity index (χ1) is 11.2. The number of hydrogen-bond acceptors (Lipinski definition) is 6. The van der Waals surface area contributed by atoms with Crippen LogP contribution < -0.4 is 4.90 Å². The van der Waals surface area contributed by atoms with Crippen LogP contribution in [0.5, 0.6) is 0 Å². The lowest BCUT2D eigenvalue weighted by atomic mass is 10.3. The molecule has 2 fully saturated rings. The topological polar surface area (TPSA) is 45.2 Å². The highest BCUT2D eigenvalue weighted by Gasteiger charge is 2.27. The Morgan fingerprint density at radius 1 is 1.13 bits per heavy atom. The highest BCUT2D eigenvalue weighted by molar-refractivity contribution is 7.11. The third-order valence-corrected chi connectivity index (χ3v) is 5.79. The number of thiazole rings is 1. The van der Waals surface area contributed by atoms with Crippen molar-refractivity contribution in [3.8, 4) is 0 Å². The average molecular weight is 329 g/mol. The lowest BCUT2D eigenvalue weighted by Gasteiger charge is -2.35. The Morgan fingerprint density at radius 3 is 2.57 bits per heavy atom. The zero-order valence-electron chi connectivity index (χ0n) is 13.8. The number of nitrogens with zero attached hydrogens (tertiary/aromatic N) is 5. The van der Waals surface area contributed by atoms with Crippen molar-refractivity contribution in [2.24, 2.45) is 0 Å². The van der Waals surface area contributed by atoms with Crippen molar-refractivity contribution < 1.29 is 0 Å². The molecule has 2 aromatic rings. The fraction of sp³-hybridized carbons (Fsp3) is 0.588. The van der Waals surface area contributed by atoms with E-state index >= 15 is 0 Å². The molecule has 3 heterocycles. The van der Waals surface area contributed by atoms with Crippen LogP contribution in [0.3, 0.4) is 0 Å². The molecular weight excluding hydrogens is 306 g/mol. The molecule has 1 aliphatic carbocycles. The van der Waals surface area contributed by atoms with E-state index < -0.39 is 0 Å². The van der Waals surface area contributed by atoms with E-state index in [1.165, 1.54) is 28.4 Å². The van der Waals surface area contributed by atoms with Crippen molar-refractivity contribution in [2.75, 3.05) is 31.1 Å². The van der Waals surface area contributed by atoms with Gasteiger partial charge in [-0.3, -0.25) is 4.90 Å². The zero-order valence-corrected chi connectivity index (χ0v) is 14.6. The summed E-state index contributed by atoms with van der Waals surface area (Å²) < 4.78 is 0. The van der Waals surface area contributed by atoms with Gasteiger partial charge in [-0.1, -0.05) is 0 Å². The zero-order chi connectivity index (χ0) is 15.8. The van der Waals surface area contributed by atoms with E-state index in [4.69, 9.17) is 4.98 Å². The summed E-state index contributed by atoms with van der Waals surface area (Å²) in [4.78, 5) is 20.1. The summed E-state index contributed by atoms with van der Waals surface area (Å²) in [6.45, 7) is 9.43. The third-order valence-electron chi connectivity index (χ3n) is 4.73. The molecule has 23 heavy (non-hydrogen) atoms. The van der Waals surface area contributed by atoms with Gasteiger partial charge in [-0.25, -0.2) is 15.0 Å². The standard InChI is InChI=1S/C17H23N5S/c1-12-13(2)23-16(19-12)11-21-7-9-22(10-8-21)15-5-6-18-17(20-15)14-3-4-14/h5-6,14H,3-4,7-11H2,1-2H3. The smallest absolute Gasteiger partial charge is 0.133 e. The van der Waals surface area contributed by atoms with Gasteiger partial charge in [-0.05, 0) is 32.8 Å². The molecule has 122 valence electrons. The molecule has 1 saturated carbocycles. The van der Waals surface area contributed by atoms with Crippen molar-refractivity contribution in [1.82, 2.24) is 19.9 Å². The van der Waals surface area contributed by atoms with Gasteiger partial charge >= 0.3 is 0 Å². The molecule has 0 N–H and O–H groups in total. The van der Waals surface area contributed by atoms with Crippen molar-refractivity contribution in [1.29, 1.82) is 0 Å². The van der Waals surface area contributed by atoms with Gasteiger partial charge < -0.3 is 4.90 Å². The lowest BCUT2D eigenvalue weighted by molar-refractivity contribution is 0.249. The average Bonchev–Trinajstić information content (AvgIpc) is 3.36. The Morgan fingerprint density at radius 2 is 1.91 bits per heavy atom. The van der Waals surface area contributed by atoms with Crippen LogP contribution in [0.2, 0.25) is 0 Å². The fourth-order valence-electron chi connectivity index (χ4n) is 3.01. The normalized spacial score (nSPS) is 19.3. The minimum Gasteiger partial charge on any atom is -0.354 e. The predicted octanol–water partition coefficient (Wildman–Crippen LogP) is 2.75. The van der Waals surface area contributed by atoms with Gasteiger partial charge in [0.05, 0.1) is 12.2 Å².